The molecular weight excluding hydrogens is 452 g/mol. The van der Waals surface area contributed by atoms with Gasteiger partial charge < -0.3 is 19.8 Å². The lowest BCUT2D eigenvalue weighted by molar-refractivity contribution is -0.113. The zero-order valence-electron chi connectivity index (χ0n) is 15.8. The molecule has 1 heterocycles. The van der Waals surface area contributed by atoms with Crippen LogP contribution in [0.2, 0.25) is 0 Å². The van der Waals surface area contributed by atoms with Crippen molar-refractivity contribution in [2.75, 3.05) is 12.4 Å². The molecule has 0 unspecified atom stereocenters. The van der Waals surface area contributed by atoms with Crippen LogP contribution in [0, 0.1) is 0 Å². The summed E-state index contributed by atoms with van der Waals surface area (Å²) in [6.45, 7) is 0. The molecule has 8 heteroatoms. The van der Waals surface area contributed by atoms with E-state index >= 15 is 0 Å². The Labute approximate surface area is 180 Å². The number of nitrogens with one attached hydrogen (secondary N) is 2. The summed E-state index contributed by atoms with van der Waals surface area (Å²) in [6.07, 6.45) is 1.55. The van der Waals surface area contributed by atoms with Crippen LogP contribution in [0.25, 0.3) is 6.08 Å². The number of carbonyl (C=O) groups is 3. The molecule has 2 N–H and O–H groups in total. The first kappa shape index (κ1) is 21.1. The lowest BCUT2D eigenvalue weighted by Crippen LogP contribution is -2.30. The number of furan rings is 1. The van der Waals surface area contributed by atoms with Gasteiger partial charge in [-0.15, -0.1) is 0 Å². The first-order valence-corrected chi connectivity index (χ1v) is 9.59. The lowest BCUT2D eigenvalue weighted by atomic mass is 10.1. The number of rotatable bonds is 6. The summed E-state index contributed by atoms with van der Waals surface area (Å²) in [4.78, 5) is 36.8. The molecule has 7 nitrogen and oxygen atoms in total. The quantitative estimate of drug-likeness (QED) is 0.416. The van der Waals surface area contributed by atoms with Crippen molar-refractivity contribution >= 4 is 45.5 Å². The van der Waals surface area contributed by atoms with E-state index in [1.165, 1.54) is 25.3 Å². The average Bonchev–Trinajstić information content (AvgIpc) is 3.20. The van der Waals surface area contributed by atoms with Gasteiger partial charge in [0.1, 0.15) is 5.70 Å². The maximum absolute atomic E-state index is 12.8. The molecule has 0 radical (unpaired) electrons. The van der Waals surface area contributed by atoms with E-state index in [0.29, 0.717) is 15.9 Å². The van der Waals surface area contributed by atoms with Crippen molar-refractivity contribution in [1.82, 2.24) is 5.32 Å². The minimum atomic E-state index is -0.570. The number of hydrogen-bond donors (Lipinski definition) is 2. The van der Waals surface area contributed by atoms with E-state index in [1.807, 2.05) is 18.2 Å². The van der Waals surface area contributed by atoms with E-state index in [-0.39, 0.29) is 11.5 Å². The SMILES string of the molecule is COC(=O)c1ccc(NC(=O)C(=Cc2ccccc2)NC(=O)c2ccc(Br)o2)cc1. The van der Waals surface area contributed by atoms with Gasteiger partial charge in [0.05, 0.1) is 12.7 Å². The molecule has 0 bridgehead atoms. The van der Waals surface area contributed by atoms with E-state index in [9.17, 15) is 14.4 Å². The Morgan fingerprint density at radius 3 is 2.27 bits per heavy atom. The number of carbonyl (C=O) groups excluding carboxylic acids is 3. The van der Waals surface area contributed by atoms with Crippen LogP contribution in [-0.2, 0) is 9.53 Å². The summed E-state index contributed by atoms with van der Waals surface area (Å²) in [7, 11) is 1.29. The molecular formula is C22H17BrN2O5. The minimum Gasteiger partial charge on any atom is -0.465 e. The Kier molecular flexibility index (Phi) is 6.82. The van der Waals surface area contributed by atoms with Crippen molar-refractivity contribution in [2.45, 2.75) is 0 Å². The Balaban J connectivity index is 1.82. The van der Waals surface area contributed by atoms with Gasteiger partial charge in [-0.3, -0.25) is 9.59 Å². The van der Waals surface area contributed by atoms with Crippen molar-refractivity contribution in [3.8, 4) is 0 Å². The van der Waals surface area contributed by atoms with Crippen LogP contribution in [0.5, 0.6) is 0 Å². The molecule has 0 saturated carbocycles. The van der Waals surface area contributed by atoms with Crippen molar-refractivity contribution in [3.05, 3.63) is 94.0 Å². The highest BCUT2D eigenvalue weighted by molar-refractivity contribution is 9.10. The fourth-order valence-corrected chi connectivity index (χ4v) is 2.81. The number of esters is 1. The van der Waals surface area contributed by atoms with Gasteiger partial charge in [-0.05, 0) is 64.0 Å². The molecule has 0 aliphatic rings. The smallest absolute Gasteiger partial charge is 0.337 e. The van der Waals surface area contributed by atoms with Crippen molar-refractivity contribution in [3.63, 3.8) is 0 Å². The fourth-order valence-electron chi connectivity index (χ4n) is 2.50. The van der Waals surface area contributed by atoms with Crippen LogP contribution in [0.4, 0.5) is 5.69 Å². The molecule has 30 heavy (non-hydrogen) atoms. The first-order valence-electron chi connectivity index (χ1n) is 8.79. The van der Waals surface area contributed by atoms with E-state index in [4.69, 9.17) is 4.42 Å². The Hall–Kier alpha value is -3.65. The monoisotopic (exact) mass is 468 g/mol. The standard InChI is InChI=1S/C22H17BrN2O5/c1-29-22(28)15-7-9-16(10-8-15)24-20(26)17(13-14-5-3-2-4-6-14)25-21(27)18-11-12-19(23)30-18/h2-13H,1H3,(H,24,26)(H,25,27). The Bertz CT molecular complexity index is 1090. The Morgan fingerprint density at radius 2 is 1.67 bits per heavy atom. The first-order chi connectivity index (χ1) is 14.5. The molecule has 0 aliphatic heterocycles. The molecule has 1 aromatic heterocycles. The average molecular weight is 469 g/mol. The summed E-state index contributed by atoms with van der Waals surface area (Å²) in [5, 5.41) is 5.27. The topological polar surface area (TPSA) is 97.6 Å². The zero-order valence-corrected chi connectivity index (χ0v) is 17.4. The predicted octanol–water partition coefficient (Wildman–Crippen LogP) is 4.24. The van der Waals surface area contributed by atoms with Crippen LogP contribution >= 0.6 is 15.9 Å². The molecule has 3 rings (SSSR count). The second-order valence-electron chi connectivity index (χ2n) is 6.05. The number of benzene rings is 2. The van der Waals surface area contributed by atoms with Gasteiger partial charge >= 0.3 is 5.97 Å². The highest BCUT2D eigenvalue weighted by Gasteiger charge is 2.17. The van der Waals surface area contributed by atoms with Gasteiger partial charge in [0, 0.05) is 5.69 Å². The summed E-state index contributed by atoms with van der Waals surface area (Å²) in [6, 6.07) is 18.3. The van der Waals surface area contributed by atoms with Crippen LogP contribution in [0.1, 0.15) is 26.5 Å². The molecule has 152 valence electrons. The molecule has 2 aromatic carbocycles. The third-order valence-electron chi connectivity index (χ3n) is 3.96. The fraction of sp³-hybridized carbons (Fsp3) is 0.0455. The number of amides is 2. The maximum Gasteiger partial charge on any atom is 0.337 e. The largest absolute Gasteiger partial charge is 0.465 e. The second-order valence-corrected chi connectivity index (χ2v) is 6.83. The number of methoxy groups -OCH3 is 1. The van der Waals surface area contributed by atoms with Crippen LogP contribution < -0.4 is 10.6 Å². The van der Waals surface area contributed by atoms with Gasteiger partial charge in [-0.2, -0.15) is 0 Å². The van der Waals surface area contributed by atoms with Crippen LogP contribution in [-0.4, -0.2) is 24.9 Å². The second kappa shape index (κ2) is 9.71. The van der Waals surface area contributed by atoms with Gasteiger partial charge in [0.25, 0.3) is 11.8 Å². The van der Waals surface area contributed by atoms with Gasteiger partial charge in [0.15, 0.2) is 10.4 Å². The number of hydrogen-bond acceptors (Lipinski definition) is 5. The Morgan fingerprint density at radius 1 is 0.967 bits per heavy atom. The van der Waals surface area contributed by atoms with E-state index in [2.05, 4.69) is 31.3 Å². The molecule has 2 amide bonds. The number of anilines is 1. The number of halogens is 1. The molecule has 0 fully saturated rings. The highest BCUT2D eigenvalue weighted by atomic mass is 79.9. The summed E-state index contributed by atoms with van der Waals surface area (Å²) < 4.78 is 10.3. The van der Waals surface area contributed by atoms with Gasteiger partial charge in [-0.1, -0.05) is 30.3 Å². The van der Waals surface area contributed by atoms with Gasteiger partial charge in [0.2, 0.25) is 0 Å². The summed E-state index contributed by atoms with van der Waals surface area (Å²) >= 11 is 3.14. The molecule has 3 aromatic rings. The van der Waals surface area contributed by atoms with E-state index < -0.39 is 17.8 Å². The third-order valence-corrected chi connectivity index (χ3v) is 4.39. The maximum atomic E-state index is 12.8. The number of ether oxygens (including phenoxy) is 1. The molecule has 0 saturated heterocycles. The van der Waals surface area contributed by atoms with Crippen molar-refractivity contribution in [2.24, 2.45) is 0 Å². The summed E-state index contributed by atoms with van der Waals surface area (Å²) in [5.74, 6) is -1.53. The van der Waals surface area contributed by atoms with Crippen LogP contribution in [0.3, 0.4) is 0 Å². The van der Waals surface area contributed by atoms with E-state index in [1.54, 1.807) is 36.4 Å². The van der Waals surface area contributed by atoms with E-state index in [0.717, 1.165) is 5.56 Å². The molecule has 0 atom stereocenters. The highest BCUT2D eigenvalue weighted by Crippen LogP contribution is 2.16. The minimum absolute atomic E-state index is 0.0239. The molecule has 0 aliphatic carbocycles. The summed E-state index contributed by atoms with van der Waals surface area (Å²) in [5.41, 5.74) is 1.55. The lowest BCUT2D eigenvalue weighted by Gasteiger charge is -2.11. The predicted molar refractivity (Wildman–Crippen MR) is 115 cm³/mol. The zero-order chi connectivity index (χ0) is 21.5. The van der Waals surface area contributed by atoms with Crippen LogP contribution in [0.15, 0.2) is 81.5 Å². The third kappa shape index (κ3) is 5.45. The molecule has 0 spiro atoms. The van der Waals surface area contributed by atoms with Crippen molar-refractivity contribution in [1.29, 1.82) is 0 Å². The van der Waals surface area contributed by atoms with Gasteiger partial charge in [-0.25, -0.2) is 4.79 Å². The van der Waals surface area contributed by atoms with Crippen molar-refractivity contribution < 1.29 is 23.5 Å². The normalized spacial score (nSPS) is 10.9.